The van der Waals surface area contributed by atoms with Crippen LogP contribution in [0.3, 0.4) is 0 Å². The third-order valence-corrected chi connectivity index (χ3v) is 7.25. The average molecular weight is 521 g/mol. The first kappa shape index (κ1) is 27.6. The number of ether oxygens (including phenoxy) is 2. The minimum atomic E-state index is -0.0964. The van der Waals surface area contributed by atoms with E-state index in [1.165, 1.54) is 5.56 Å². The van der Waals surface area contributed by atoms with Gasteiger partial charge in [-0.1, -0.05) is 63.2 Å². The van der Waals surface area contributed by atoms with Crippen molar-refractivity contribution in [1.29, 1.82) is 0 Å². The zero-order chi connectivity index (χ0) is 27.3. The number of methoxy groups -OCH3 is 2. The third kappa shape index (κ3) is 6.54. The molecule has 0 bridgehead atoms. The van der Waals surface area contributed by atoms with Crippen molar-refractivity contribution in [3.05, 3.63) is 59.5 Å². The number of rotatable bonds is 9. The summed E-state index contributed by atoms with van der Waals surface area (Å²) in [7, 11) is 3.23. The fourth-order valence-electron chi connectivity index (χ4n) is 4.94. The predicted octanol–water partition coefficient (Wildman–Crippen LogP) is 5.53. The van der Waals surface area contributed by atoms with Crippen LogP contribution in [0.1, 0.15) is 70.0 Å². The normalized spacial score (nSPS) is 17.2. The summed E-state index contributed by atoms with van der Waals surface area (Å²) >= 11 is 0. The molecule has 2 heterocycles. The minimum Gasteiger partial charge on any atom is -0.493 e. The predicted molar refractivity (Wildman–Crippen MR) is 147 cm³/mol. The van der Waals surface area contributed by atoms with Gasteiger partial charge in [-0.05, 0) is 54.5 Å². The van der Waals surface area contributed by atoms with Crippen LogP contribution in [0.15, 0.2) is 47.0 Å². The summed E-state index contributed by atoms with van der Waals surface area (Å²) < 4.78 is 16.4. The third-order valence-electron chi connectivity index (χ3n) is 7.25. The maximum Gasteiger partial charge on any atom is 0.241 e. The number of piperidine rings is 1. The summed E-state index contributed by atoms with van der Waals surface area (Å²) in [5, 5.41) is 7.45. The fraction of sp³-hybridized carbons (Fsp3) is 0.500. The molecule has 3 aromatic rings. The molecule has 8 nitrogen and oxygen atoms in total. The second-order valence-electron chi connectivity index (χ2n) is 11.0. The molecule has 0 aliphatic carbocycles. The minimum absolute atomic E-state index is 0.0708. The van der Waals surface area contributed by atoms with Gasteiger partial charge in [-0.2, -0.15) is 4.98 Å². The number of hydrogen-bond acceptors (Lipinski definition) is 7. The van der Waals surface area contributed by atoms with E-state index in [1.54, 1.807) is 14.2 Å². The van der Waals surface area contributed by atoms with Crippen LogP contribution in [0.5, 0.6) is 11.5 Å². The molecule has 0 radical (unpaired) electrons. The highest BCUT2D eigenvalue weighted by atomic mass is 16.5. The van der Waals surface area contributed by atoms with Crippen LogP contribution in [-0.2, 0) is 16.8 Å². The number of carbonyl (C=O) groups excluding carboxylic acids is 1. The highest BCUT2D eigenvalue weighted by molar-refractivity contribution is 5.79. The van der Waals surface area contributed by atoms with Crippen LogP contribution in [0.4, 0.5) is 0 Å². The Bertz CT molecular complexity index is 1220. The van der Waals surface area contributed by atoms with E-state index in [1.807, 2.05) is 30.3 Å². The number of likely N-dealkylation sites (tertiary alicyclic amines) is 1. The van der Waals surface area contributed by atoms with E-state index in [4.69, 9.17) is 14.0 Å². The zero-order valence-electron chi connectivity index (χ0n) is 23.4. The molecule has 1 aromatic heterocycles. The topological polar surface area (TPSA) is 89.7 Å². The lowest BCUT2D eigenvalue weighted by molar-refractivity contribution is -0.127. The molecule has 1 saturated heterocycles. The first-order valence-corrected chi connectivity index (χ1v) is 13.4. The van der Waals surface area contributed by atoms with Gasteiger partial charge in [0.2, 0.25) is 17.6 Å². The van der Waals surface area contributed by atoms with Gasteiger partial charge >= 0.3 is 0 Å². The fourth-order valence-corrected chi connectivity index (χ4v) is 4.94. The van der Waals surface area contributed by atoms with Crippen molar-refractivity contribution in [2.75, 3.05) is 27.3 Å². The number of carbonyl (C=O) groups is 1. The smallest absolute Gasteiger partial charge is 0.241 e. The Morgan fingerprint density at radius 3 is 2.53 bits per heavy atom. The lowest BCUT2D eigenvalue weighted by atomic mass is 9.87. The Labute approximate surface area is 225 Å². The van der Waals surface area contributed by atoms with Crippen molar-refractivity contribution < 1.29 is 18.8 Å². The van der Waals surface area contributed by atoms with Gasteiger partial charge in [0.1, 0.15) is 0 Å². The van der Waals surface area contributed by atoms with Crippen molar-refractivity contribution in [3.8, 4) is 22.9 Å². The molecule has 1 aliphatic heterocycles. The Hall–Kier alpha value is -3.39. The van der Waals surface area contributed by atoms with Gasteiger partial charge in [0.25, 0.3) is 0 Å². The largest absolute Gasteiger partial charge is 0.493 e. The molecular weight excluding hydrogens is 480 g/mol. The quantitative estimate of drug-likeness (QED) is 0.397. The number of benzene rings is 2. The molecule has 8 heteroatoms. The summed E-state index contributed by atoms with van der Waals surface area (Å²) in [5.41, 5.74) is 3.29. The summed E-state index contributed by atoms with van der Waals surface area (Å²) in [6.45, 7) is 10.7. The molecule has 2 unspecified atom stereocenters. The number of nitrogens with zero attached hydrogens (tertiary/aromatic N) is 3. The Balaban J connectivity index is 1.36. The second kappa shape index (κ2) is 12.0. The first-order valence-electron chi connectivity index (χ1n) is 13.4. The van der Waals surface area contributed by atoms with Crippen molar-refractivity contribution in [2.24, 2.45) is 5.92 Å². The van der Waals surface area contributed by atoms with E-state index in [0.717, 1.165) is 36.9 Å². The van der Waals surface area contributed by atoms with Gasteiger partial charge < -0.3 is 19.3 Å². The van der Waals surface area contributed by atoms with E-state index < -0.39 is 0 Å². The number of aromatic nitrogens is 2. The summed E-state index contributed by atoms with van der Waals surface area (Å²) in [6, 6.07) is 14.0. The molecule has 38 heavy (non-hydrogen) atoms. The first-order chi connectivity index (χ1) is 18.2. The average Bonchev–Trinajstić information content (AvgIpc) is 3.39. The Morgan fingerprint density at radius 2 is 1.87 bits per heavy atom. The molecular formula is C30H40N4O4. The van der Waals surface area contributed by atoms with E-state index in [0.29, 0.717) is 36.3 Å². The molecule has 4 rings (SSSR count). The maximum atomic E-state index is 13.3. The van der Waals surface area contributed by atoms with Crippen molar-refractivity contribution >= 4 is 5.91 Å². The molecule has 2 aromatic carbocycles. The number of hydrogen-bond donors (Lipinski definition) is 1. The van der Waals surface area contributed by atoms with Crippen molar-refractivity contribution in [3.63, 3.8) is 0 Å². The van der Waals surface area contributed by atoms with Crippen LogP contribution in [0.25, 0.3) is 11.4 Å². The van der Waals surface area contributed by atoms with Gasteiger partial charge in [-0.15, -0.1) is 0 Å². The van der Waals surface area contributed by atoms with Gasteiger partial charge in [-0.25, -0.2) is 0 Å². The molecule has 1 fully saturated rings. The monoisotopic (exact) mass is 520 g/mol. The molecule has 2 atom stereocenters. The molecule has 1 amide bonds. The highest BCUT2D eigenvalue weighted by Gasteiger charge is 2.28. The van der Waals surface area contributed by atoms with Crippen LogP contribution in [-0.4, -0.2) is 48.3 Å². The lowest BCUT2D eigenvalue weighted by Crippen LogP contribution is -2.43. The van der Waals surface area contributed by atoms with Gasteiger partial charge in [0, 0.05) is 12.1 Å². The standard InChI is InChI=1S/C30H40N4O4/c1-7-24(21-12-15-25(36-5)26(17-21)37-6)31-29(35)22-9-8-16-34(18-22)19-27-32-28(33-38-27)20-10-13-23(14-11-20)30(2,3)4/h10-15,17,22,24H,7-9,16,18-19H2,1-6H3,(H,31,35). The van der Waals surface area contributed by atoms with Crippen LogP contribution in [0.2, 0.25) is 0 Å². The second-order valence-corrected chi connectivity index (χ2v) is 11.0. The molecule has 0 spiro atoms. The number of amides is 1. The van der Waals surface area contributed by atoms with Gasteiger partial charge in [-0.3, -0.25) is 9.69 Å². The molecule has 1 aliphatic rings. The van der Waals surface area contributed by atoms with Crippen molar-refractivity contribution in [2.45, 2.75) is 65.0 Å². The Morgan fingerprint density at radius 1 is 1.13 bits per heavy atom. The van der Waals surface area contributed by atoms with E-state index >= 15 is 0 Å². The number of nitrogens with one attached hydrogen (secondary N) is 1. The van der Waals surface area contributed by atoms with Crippen LogP contribution < -0.4 is 14.8 Å². The molecule has 1 N–H and O–H groups in total. The van der Waals surface area contributed by atoms with Gasteiger partial charge in [0.05, 0.1) is 32.7 Å². The lowest BCUT2D eigenvalue weighted by Gasteiger charge is -2.32. The summed E-state index contributed by atoms with van der Waals surface area (Å²) in [4.78, 5) is 20.1. The molecule has 0 saturated carbocycles. The zero-order valence-corrected chi connectivity index (χ0v) is 23.4. The summed E-state index contributed by atoms with van der Waals surface area (Å²) in [5.74, 6) is 2.47. The Kier molecular flexibility index (Phi) is 8.72. The molecule has 204 valence electrons. The SMILES string of the molecule is CCC(NC(=O)C1CCCN(Cc2nc(-c3ccc(C(C)(C)C)cc3)no2)C1)c1ccc(OC)c(OC)c1. The van der Waals surface area contributed by atoms with Gasteiger partial charge in [0.15, 0.2) is 11.5 Å². The van der Waals surface area contributed by atoms with Crippen LogP contribution in [0, 0.1) is 5.92 Å². The summed E-state index contributed by atoms with van der Waals surface area (Å²) in [6.07, 6.45) is 2.58. The highest BCUT2D eigenvalue weighted by Crippen LogP contribution is 2.31. The maximum absolute atomic E-state index is 13.3. The van der Waals surface area contributed by atoms with E-state index in [-0.39, 0.29) is 23.3 Å². The van der Waals surface area contributed by atoms with Crippen molar-refractivity contribution in [1.82, 2.24) is 20.4 Å². The van der Waals surface area contributed by atoms with Crippen LogP contribution >= 0.6 is 0 Å². The van der Waals surface area contributed by atoms with E-state index in [9.17, 15) is 4.79 Å². The van der Waals surface area contributed by atoms with E-state index in [2.05, 4.69) is 60.2 Å².